The highest BCUT2D eigenvalue weighted by molar-refractivity contribution is 5.82. The van der Waals surface area contributed by atoms with Crippen molar-refractivity contribution < 1.29 is 14.1 Å². The summed E-state index contributed by atoms with van der Waals surface area (Å²) in [4.78, 5) is 33.2. The second-order valence-electron chi connectivity index (χ2n) is 10.5. The van der Waals surface area contributed by atoms with Crippen LogP contribution in [0, 0.1) is 11.8 Å². The molecular weight excluding hydrogens is 404 g/mol. The highest BCUT2D eigenvalue weighted by Gasteiger charge is 2.45. The van der Waals surface area contributed by atoms with Gasteiger partial charge in [0.15, 0.2) is 5.82 Å². The van der Waals surface area contributed by atoms with E-state index in [2.05, 4.69) is 20.4 Å². The monoisotopic (exact) mass is 444 g/mol. The van der Waals surface area contributed by atoms with E-state index in [4.69, 9.17) is 4.52 Å². The van der Waals surface area contributed by atoms with E-state index in [1.165, 1.54) is 25.7 Å². The number of hydrogen-bond donors (Lipinski definition) is 1. The van der Waals surface area contributed by atoms with E-state index in [0.717, 1.165) is 51.6 Å². The zero-order valence-electron chi connectivity index (χ0n) is 19.9. The molecule has 4 rings (SSSR count). The van der Waals surface area contributed by atoms with Gasteiger partial charge in [0.1, 0.15) is 0 Å². The van der Waals surface area contributed by atoms with Gasteiger partial charge in [0.05, 0.1) is 5.92 Å². The summed E-state index contributed by atoms with van der Waals surface area (Å²) in [6.45, 7) is 5.57. The maximum atomic E-state index is 13.4. The first-order valence-corrected chi connectivity index (χ1v) is 12.9. The molecule has 178 valence electrons. The Bertz CT molecular complexity index is 771. The predicted octanol–water partition coefficient (Wildman–Crippen LogP) is 4.54. The van der Waals surface area contributed by atoms with Crippen molar-refractivity contribution in [3.63, 3.8) is 0 Å². The average molecular weight is 445 g/mol. The van der Waals surface area contributed by atoms with E-state index in [1.807, 2.05) is 13.8 Å². The summed E-state index contributed by atoms with van der Waals surface area (Å²) in [6.07, 6.45) is 12.3. The van der Waals surface area contributed by atoms with E-state index < -0.39 is 0 Å². The second kappa shape index (κ2) is 10.8. The highest BCUT2D eigenvalue weighted by Crippen LogP contribution is 2.41. The molecule has 3 atom stereocenters. The van der Waals surface area contributed by atoms with Gasteiger partial charge in [-0.15, -0.1) is 0 Å². The van der Waals surface area contributed by atoms with Crippen molar-refractivity contribution in [2.45, 2.75) is 109 Å². The van der Waals surface area contributed by atoms with Gasteiger partial charge >= 0.3 is 0 Å². The first kappa shape index (κ1) is 23.2. The van der Waals surface area contributed by atoms with Crippen molar-refractivity contribution in [2.24, 2.45) is 11.8 Å². The topological polar surface area (TPSA) is 88.3 Å². The molecule has 1 aliphatic heterocycles. The Morgan fingerprint density at radius 3 is 2.66 bits per heavy atom. The Kier molecular flexibility index (Phi) is 7.84. The zero-order valence-corrected chi connectivity index (χ0v) is 19.9. The van der Waals surface area contributed by atoms with Crippen molar-refractivity contribution in [2.75, 3.05) is 13.1 Å². The van der Waals surface area contributed by atoms with Gasteiger partial charge in [-0.05, 0) is 38.0 Å². The van der Waals surface area contributed by atoms with Crippen LogP contribution in [0.1, 0.15) is 114 Å². The summed E-state index contributed by atoms with van der Waals surface area (Å²) in [7, 11) is 0. The molecule has 0 aromatic carbocycles. The molecule has 1 saturated heterocycles. The van der Waals surface area contributed by atoms with E-state index in [1.54, 1.807) is 0 Å². The number of hydrogen-bond acceptors (Lipinski definition) is 5. The fraction of sp³-hybridized carbons (Fsp3) is 0.840. The number of carbonyl (C=O) groups is 2. The van der Waals surface area contributed by atoms with Gasteiger partial charge in [0.25, 0.3) is 0 Å². The highest BCUT2D eigenvalue weighted by atomic mass is 16.5. The van der Waals surface area contributed by atoms with Gasteiger partial charge < -0.3 is 14.7 Å². The standard InChI is InChI=1S/C25H40N4O3/c1-17(2)23-27-25(32-28-23)19-15-20-21(16-19)29(14-8-4-3-7-13-26-24(20)31)22(30)12-11-18-9-5-6-10-18/h17-21H,3-16H2,1-2H3,(H,26,31)/t19-,20-,21+/m1/s1. The van der Waals surface area contributed by atoms with Crippen molar-refractivity contribution in [3.05, 3.63) is 11.7 Å². The molecule has 0 spiro atoms. The van der Waals surface area contributed by atoms with Crippen LogP contribution in [0.4, 0.5) is 0 Å². The number of aromatic nitrogens is 2. The van der Waals surface area contributed by atoms with Crippen LogP contribution in [0.25, 0.3) is 0 Å². The van der Waals surface area contributed by atoms with Crippen LogP contribution in [0.3, 0.4) is 0 Å². The first-order valence-electron chi connectivity index (χ1n) is 12.9. The molecule has 2 amide bonds. The fourth-order valence-corrected chi connectivity index (χ4v) is 5.84. The Morgan fingerprint density at radius 2 is 1.91 bits per heavy atom. The van der Waals surface area contributed by atoms with Gasteiger partial charge in [-0.25, -0.2) is 0 Å². The molecule has 1 aromatic rings. The zero-order chi connectivity index (χ0) is 22.5. The summed E-state index contributed by atoms with van der Waals surface area (Å²) in [6, 6.07) is -0.0800. The lowest BCUT2D eigenvalue weighted by Gasteiger charge is -2.33. The van der Waals surface area contributed by atoms with Crippen LogP contribution in [0.15, 0.2) is 4.52 Å². The third-order valence-electron chi connectivity index (χ3n) is 7.78. The van der Waals surface area contributed by atoms with Crippen LogP contribution in [-0.2, 0) is 9.59 Å². The minimum atomic E-state index is -0.206. The molecule has 3 fully saturated rings. The Balaban J connectivity index is 1.52. The van der Waals surface area contributed by atoms with Crippen LogP contribution in [-0.4, -0.2) is 46.0 Å². The molecule has 2 heterocycles. The van der Waals surface area contributed by atoms with Crippen LogP contribution < -0.4 is 5.32 Å². The quantitative estimate of drug-likeness (QED) is 0.720. The number of fused-ring (bicyclic) bond motifs is 1. The van der Waals surface area contributed by atoms with Crippen molar-refractivity contribution in [1.29, 1.82) is 0 Å². The molecule has 2 saturated carbocycles. The van der Waals surface area contributed by atoms with E-state index in [9.17, 15) is 9.59 Å². The lowest BCUT2D eigenvalue weighted by Crippen LogP contribution is -2.47. The second-order valence-corrected chi connectivity index (χ2v) is 10.5. The largest absolute Gasteiger partial charge is 0.356 e. The molecule has 1 N–H and O–H groups in total. The lowest BCUT2D eigenvalue weighted by molar-refractivity contribution is -0.136. The van der Waals surface area contributed by atoms with Crippen molar-refractivity contribution in [3.8, 4) is 0 Å². The molecule has 7 heteroatoms. The van der Waals surface area contributed by atoms with E-state index in [0.29, 0.717) is 30.5 Å². The van der Waals surface area contributed by atoms with Crippen LogP contribution in [0.5, 0.6) is 0 Å². The summed E-state index contributed by atoms with van der Waals surface area (Å²) in [5.74, 6) is 2.38. The third kappa shape index (κ3) is 5.52. The van der Waals surface area contributed by atoms with Crippen molar-refractivity contribution in [1.82, 2.24) is 20.4 Å². The van der Waals surface area contributed by atoms with Crippen LogP contribution >= 0.6 is 0 Å². The third-order valence-corrected chi connectivity index (χ3v) is 7.78. The molecule has 0 unspecified atom stereocenters. The summed E-state index contributed by atoms with van der Waals surface area (Å²) in [5.41, 5.74) is 0. The molecule has 0 radical (unpaired) electrons. The molecule has 1 aromatic heterocycles. The molecule has 7 nitrogen and oxygen atoms in total. The smallest absolute Gasteiger partial charge is 0.229 e. The molecule has 32 heavy (non-hydrogen) atoms. The van der Waals surface area contributed by atoms with Gasteiger partial charge in [-0.2, -0.15) is 4.98 Å². The Labute approximate surface area is 192 Å². The summed E-state index contributed by atoms with van der Waals surface area (Å²) >= 11 is 0. The molecule has 2 aliphatic carbocycles. The van der Waals surface area contributed by atoms with Crippen molar-refractivity contribution >= 4 is 11.8 Å². The molecular formula is C25H40N4O3. The number of nitrogens with zero attached hydrogens (tertiary/aromatic N) is 3. The number of nitrogens with one attached hydrogen (secondary N) is 1. The molecule has 3 aliphatic rings. The number of rotatable bonds is 5. The minimum Gasteiger partial charge on any atom is -0.356 e. The van der Waals surface area contributed by atoms with Crippen LogP contribution in [0.2, 0.25) is 0 Å². The summed E-state index contributed by atoms with van der Waals surface area (Å²) < 4.78 is 5.60. The number of carbonyl (C=O) groups excluding carboxylic acids is 2. The van der Waals surface area contributed by atoms with Gasteiger partial charge in [0.2, 0.25) is 17.7 Å². The lowest BCUT2D eigenvalue weighted by atomic mass is 9.98. The Hall–Kier alpha value is -1.92. The average Bonchev–Trinajstić information content (AvgIpc) is 3.53. The van der Waals surface area contributed by atoms with E-state index in [-0.39, 0.29) is 35.6 Å². The Morgan fingerprint density at radius 1 is 1.12 bits per heavy atom. The normalized spacial score (nSPS) is 27.9. The predicted molar refractivity (Wildman–Crippen MR) is 122 cm³/mol. The first-order chi connectivity index (χ1) is 15.5. The fourth-order valence-electron chi connectivity index (χ4n) is 5.84. The summed E-state index contributed by atoms with van der Waals surface area (Å²) in [5, 5.41) is 7.28. The van der Waals surface area contributed by atoms with Gasteiger partial charge in [-0.3, -0.25) is 9.59 Å². The van der Waals surface area contributed by atoms with Gasteiger partial charge in [0, 0.05) is 37.4 Å². The van der Waals surface area contributed by atoms with E-state index >= 15 is 0 Å². The molecule has 0 bridgehead atoms. The maximum absolute atomic E-state index is 13.4. The SMILES string of the molecule is CC(C)c1noc([C@@H]2C[C@H]3C(=O)NCCCCCCN(C(=O)CCC4CCCC4)[C@H]3C2)n1. The number of amides is 2. The maximum Gasteiger partial charge on any atom is 0.229 e. The minimum absolute atomic E-state index is 0.0313. The van der Waals surface area contributed by atoms with Gasteiger partial charge in [-0.1, -0.05) is 57.5 Å².